The molecule has 0 saturated carbocycles. The van der Waals surface area contributed by atoms with Crippen LogP contribution >= 0.6 is 31.9 Å². The van der Waals surface area contributed by atoms with Gasteiger partial charge in [0, 0.05) is 4.48 Å². The van der Waals surface area contributed by atoms with E-state index in [1.165, 1.54) is 16.7 Å². The molecule has 0 amide bonds. The highest BCUT2D eigenvalue weighted by Gasteiger charge is 2.00. The van der Waals surface area contributed by atoms with E-state index in [1.807, 2.05) is 11.9 Å². The fourth-order valence-electron chi connectivity index (χ4n) is 0.773. The van der Waals surface area contributed by atoms with E-state index in [1.54, 1.807) is 0 Å². The number of halogens is 2. The van der Waals surface area contributed by atoms with Crippen molar-refractivity contribution in [1.29, 1.82) is 0 Å². The summed E-state index contributed by atoms with van der Waals surface area (Å²) < 4.78 is 1.16. The molecule has 0 unspecified atom stereocenters. The van der Waals surface area contributed by atoms with Crippen molar-refractivity contribution in [3.8, 4) is 0 Å². The zero-order chi connectivity index (χ0) is 9.72. The van der Waals surface area contributed by atoms with Gasteiger partial charge in [-0.1, -0.05) is 37.9 Å². The molecule has 0 aliphatic carbocycles. The Balaban J connectivity index is 4.95. The Labute approximate surface area is 91.7 Å². The van der Waals surface area contributed by atoms with Gasteiger partial charge in [0.2, 0.25) is 0 Å². The molecule has 12 heavy (non-hydrogen) atoms. The van der Waals surface area contributed by atoms with Gasteiger partial charge < -0.3 is 0 Å². The van der Waals surface area contributed by atoms with Gasteiger partial charge >= 0.3 is 0 Å². The van der Waals surface area contributed by atoms with Crippen LogP contribution in [0, 0.1) is 0 Å². The smallest absolute Gasteiger partial charge is 0.0164 e. The second-order valence-corrected chi connectivity index (χ2v) is 3.99. The monoisotopic (exact) mass is 292 g/mol. The maximum atomic E-state index is 3.50. The minimum absolute atomic E-state index is 1.16. The lowest BCUT2D eigenvalue weighted by Gasteiger charge is -2.06. The molecule has 0 saturated heterocycles. The first kappa shape index (κ1) is 12.2. The second-order valence-electron chi connectivity index (χ2n) is 2.68. The van der Waals surface area contributed by atoms with Crippen molar-refractivity contribution in [3.05, 3.63) is 32.3 Å². The van der Waals surface area contributed by atoms with Crippen molar-refractivity contribution < 1.29 is 0 Å². The minimum atomic E-state index is 1.16. The van der Waals surface area contributed by atoms with Crippen LogP contribution in [0.15, 0.2) is 32.3 Å². The highest BCUT2D eigenvalue weighted by molar-refractivity contribution is 9.12. The molecule has 0 nitrogen and oxygen atoms in total. The summed E-state index contributed by atoms with van der Waals surface area (Å²) in [5, 5.41) is 0. The molecule has 0 radical (unpaired) electrons. The van der Waals surface area contributed by atoms with Crippen LogP contribution in [0.1, 0.15) is 27.7 Å². The normalized spacial score (nSPS) is 16.2. The van der Waals surface area contributed by atoms with Gasteiger partial charge in [-0.05, 0) is 49.4 Å². The van der Waals surface area contributed by atoms with Gasteiger partial charge in [0.1, 0.15) is 0 Å². The molecule has 0 N–H and O–H groups in total. The van der Waals surface area contributed by atoms with E-state index in [-0.39, 0.29) is 0 Å². The number of allylic oxidation sites excluding steroid dienone is 5. The molecule has 0 aromatic heterocycles. The van der Waals surface area contributed by atoms with Crippen molar-refractivity contribution in [2.45, 2.75) is 27.7 Å². The molecular formula is C10H14Br2. The fraction of sp³-hybridized carbons (Fsp3) is 0.400. The van der Waals surface area contributed by atoms with E-state index in [0.717, 1.165) is 4.48 Å². The van der Waals surface area contributed by atoms with Gasteiger partial charge in [-0.25, -0.2) is 0 Å². The summed E-state index contributed by atoms with van der Waals surface area (Å²) in [7, 11) is 0. The molecule has 0 aliphatic heterocycles. The molecule has 0 aromatic carbocycles. The predicted octanol–water partition coefficient (Wildman–Crippen LogP) is 4.92. The van der Waals surface area contributed by atoms with E-state index < -0.39 is 0 Å². The number of rotatable bonds is 2. The van der Waals surface area contributed by atoms with Gasteiger partial charge in [0.05, 0.1) is 0 Å². The Hall–Kier alpha value is 0.180. The standard InChI is InChI=1S/C10H14Br2/c1-5-10(12)9(4)8(3)7(2)6-11/h5-6H,1-4H3/b7-6+,9-8-,10-5-. The topological polar surface area (TPSA) is 0 Å². The molecule has 68 valence electrons. The van der Waals surface area contributed by atoms with Crippen molar-refractivity contribution in [2.75, 3.05) is 0 Å². The van der Waals surface area contributed by atoms with Crippen molar-refractivity contribution >= 4 is 31.9 Å². The number of hydrogen-bond donors (Lipinski definition) is 0. The summed E-state index contributed by atoms with van der Waals surface area (Å²) in [6.07, 6.45) is 2.06. The van der Waals surface area contributed by atoms with Gasteiger partial charge in [0.15, 0.2) is 0 Å². The first-order valence-electron chi connectivity index (χ1n) is 3.81. The predicted molar refractivity (Wildman–Crippen MR) is 63.7 cm³/mol. The highest BCUT2D eigenvalue weighted by atomic mass is 79.9. The van der Waals surface area contributed by atoms with E-state index in [9.17, 15) is 0 Å². The molecule has 0 aliphatic rings. The molecule has 0 fully saturated rings. The summed E-state index contributed by atoms with van der Waals surface area (Å²) in [4.78, 5) is 1.95. The van der Waals surface area contributed by atoms with E-state index in [0.29, 0.717) is 0 Å². The summed E-state index contributed by atoms with van der Waals surface area (Å²) in [6, 6.07) is 0. The molecule has 0 aromatic rings. The third-order valence-electron chi connectivity index (χ3n) is 1.93. The molecular weight excluding hydrogens is 280 g/mol. The molecule has 0 atom stereocenters. The summed E-state index contributed by atoms with van der Waals surface area (Å²) >= 11 is 6.82. The zero-order valence-corrected chi connectivity index (χ0v) is 11.1. The van der Waals surface area contributed by atoms with Gasteiger partial charge in [-0.15, -0.1) is 0 Å². The van der Waals surface area contributed by atoms with Crippen LogP contribution in [0.5, 0.6) is 0 Å². The third kappa shape index (κ3) is 3.28. The quantitative estimate of drug-likeness (QED) is 0.634. The van der Waals surface area contributed by atoms with Gasteiger partial charge in [-0.3, -0.25) is 0 Å². The van der Waals surface area contributed by atoms with Crippen LogP contribution in [0.2, 0.25) is 0 Å². The van der Waals surface area contributed by atoms with Crippen molar-refractivity contribution in [1.82, 2.24) is 0 Å². The average molecular weight is 294 g/mol. The van der Waals surface area contributed by atoms with Crippen LogP contribution in [-0.2, 0) is 0 Å². The molecule has 0 heterocycles. The zero-order valence-electron chi connectivity index (χ0n) is 7.91. The second kappa shape index (κ2) is 5.76. The van der Waals surface area contributed by atoms with Crippen LogP contribution < -0.4 is 0 Å². The van der Waals surface area contributed by atoms with Crippen LogP contribution in [0.4, 0.5) is 0 Å². The van der Waals surface area contributed by atoms with E-state index in [2.05, 4.69) is 58.7 Å². The molecule has 0 bridgehead atoms. The first-order chi connectivity index (χ1) is 5.54. The molecule has 0 rings (SSSR count). The first-order valence-corrected chi connectivity index (χ1v) is 5.52. The number of hydrogen-bond acceptors (Lipinski definition) is 0. The van der Waals surface area contributed by atoms with Crippen LogP contribution in [0.3, 0.4) is 0 Å². The average Bonchev–Trinajstić information content (AvgIpc) is 2.12. The van der Waals surface area contributed by atoms with Crippen molar-refractivity contribution in [2.24, 2.45) is 0 Å². The SMILES string of the molecule is C/C=C(Br)/C(C)=C(C)\C(C)=C\Br. The summed E-state index contributed by atoms with van der Waals surface area (Å²) in [5.41, 5.74) is 3.84. The summed E-state index contributed by atoms with van der Waals surface area (Å²) in [6.45, 7) is 8.34. The van der Waals surface area contributed by atoms with Crippen LogP contribution in [-0.4, -0.2) is 0 Å². The minimum Gasteiger partial charge on any atom is -0.0731 e. The maximum absolute atomic E-state index is 3.50. The lowest BCUT2D eigenvalue weighted by molar-refractivity contribution is 1.28. The third-order valence-corrected chi connectivity index (χ3v) is 3.67. The van der Waals surface area contributed by atoms with E-state index in [4.69, 9.17) is 0 Å². The molecule has 2 heteroatoms. The van der Waals surface area contributed by atoms with Crippen molar-refractivity contribution in [3.63, 3.8) is 0 Å². The Bertz CT molecular complexity index is 219. The van der Waals surface area contributed by atoms with Gasteiger partial charge in [0.25, 0.3) is 0 Å². The maximum Gasteiger partial charge on any atom is 0.0164 e. The lowest BCUT2D eigenvalue weighted by atomic mass is 10.1. The Morgan fingerprint density at radius 3 is 1.92 bits per heavy atom. The Kier molecular flexibility index (Phi) is 5.85. The fourth-order valence-corrected chi connectivity index (χ4v) is 1.41. The summed E-state index contributed by atoms with van der Waals surface area (Å²) in [5.74, 6) is 0. The van der Waals surface area contributed by atoms with E-state index >= 15 is 0 Å². The Morgan fingerprint density at radius 2 is 1.58 bits per heavy atom. The highest BCUT2D eigenvalue weighted by Crippen LogP contribution is 2.24. The lowest BCUT2D eigenvalue weighted by Crippen LogP contribution is -1.85. The van der Waals surface area contributed by atoms with Crippen LogP contribution in [0.25, 0.3) is 0 Å². The Morgan fingerprint density at radius 1 is 1.08 bits per heavy atom. The van der Waals surface area contributed by atoms with Gasteiger partial charge in [-0.2, -0.15) is 0 Å². The largest absolute Gasteiger partial charge is 0.0731 e. The molecule has 0 spiro atoms.